The molecule has 0 radical (unpaired) electrons. The molecule has 0 saturated carbocycles. The number of nitrogens with zero attached hydrogens (tertiary/aromatic N) is 5. The minimum Gasteiger partial charge on any atom is -0.358 e. The fourth-order valence-corrected chi connectivity index (χ4v) is 4.24. The predicted molar refractivity (Wildman–Crippen MR) is 118 cm³/mol. The molecule has 152 valence electrons. The van der Waals surface area contributed by atoms with E-state index in [0.29, 0.717) is 18.9 Å². The van der Waals surface area contributed by atoms with Gasteiger partial charge in [0.2, 0.25) is 0 Å². The van der Waals surface area contributed by atoms with Gasteiger partial charge >= 0.3 is 5.82 Å². The highest BCUT2D eigenvalue weighted by molar-refractivity contribution is 7.07. The summed E-state index contributed by atoms with van der Waals surface area (Å²) < 4.78 is 3.75. The minimum atomic E-state index is -0.394. The Balaban J connectivity index is 1.77. The van der Waals surface area contributed by atoms with Gasteiger partial charge in [-0.2, -0.15) is 0 Å². The van der Waals surface area contributed by atoms with E-state index in [9.17, 15) is 10.1 Å². The molecule has 4 aromatic rings. The van der Waals surface area contributed by atoms with Gasteiger partial charge in [0, 0.05) is 12.3 Å². The Labute approximate surface area is 177 Å². The van der Waals surface area contributed by atoms with E-state index in [4.69, 9.17) is 4.99 Å². The second-order valence-corrected chi connectivity index (χ2v) is 7.78. The molecule has 0 atom stereocenters. The van der Waals surface area contributed by atoms with Crippen molar-refractivity contribution in [3.63, 3.8) is 0 Å². The number of nitro groups is 1. The quantitative estimate of drug-likeness (QED) is 0.330. The van der Waals surface area contributed by atoms with Gasteiger partial charge in [0.05, 0.1) is 17.9 Å². The molecule has 0 bridgehead atoms. The second-order valence-electron chi connectivity index (χ2n) is 6.94. The zero-order chi connectivity index (χ0) is 21.1. The number of benzene rings is 2. The molecule has 4 rings (SSSR count). The molecule has 2 aromatic carbocycles. The van der Waals surface area contributed by atoms with Crippen LogP contribution in [-0.4, -0.2) is 19.0 Å². The molecule has 0 saturated heterocycles. The van der Waals surface area contributed by atoms with Crippen LogP contribution in [0.4, 0.5) is 11.5 Å². The van der Waals surface area contributed by atoms with Gasteiger partial charge in [0.15, 0.2) is 10.6 Å². The van der Waals surface area contributed by atoms with Gasteiger partial charge in [-0.05, 0) is 29.5 Å². The van der Waals surface area contributed by atoms with Crippen molar-refractivity contribution in [1.29, 1.82) is 0 Å². The fourth-order valence-electron chi connectivity index (χ4n) is 3.28. The molecule has 2 heterocycles. The molecular weight excluding hydrogens is 398 g/mol. The van der Waals surface area contributed by atoms with Gasteiger partial charge in [0.1, 0.15) is 12.7 Å². The third-order valence-corrected chi connectivity index (χ3v) is 5.76. The van der Waals surface area contributed by atoms with Crippen LogP contribution in [0, 0.1) is 24.0 Å². The fraction of sp³-hybridized carbons (Fsp3) is 0.182. The molecule has 2 aromatic heterocycles. The largest absolute Gasteiger partial charge is 0.358 e. The maximum atomic E-state index is 11.3. The van der Waals surface area contributed by atoms with Crippen LogP contribution in [0.2, 0.25) is 0 Å². The van der Waals surface area contributed by atoms with Crippen molar-refractivity contribution in [2.45, 2.75) is 26.9 Å². The van der Waals surface area contributed by atoms with Crippen LogP contribution in [-0.2, 0) is 13.1 Å². The predicted octanol–water partition coefficient (Wildman–Crippen LogP) is 4.87. The summed E-state index contributed by atoms with van der Waals surface area (Å²) in [5, 5.41) is 13.4. The lowest BCUT2D eigenvalue weighted by Gasteiger charge is -2.10. The first kappa shape index (κ1) is 19.8. The monoisotopic (exact) mass is 419 g/mol. The highest BCUT2D eigenvalue weighted by Gasteiger charge is 2.18. The first-order valence-corrected chi connectivity index (χ1v) is 10.4. The van der Waals surface area contributed by atoms with E-state index in [0.717, 1.165) is 21.7 Å². The summed E-state index contributed by atoms with van der Waals surface area (Å²) >= 11 is 1.56. The van der Waals surface area contributed by atoms with E-state index in [1.165, 1.54) is 11.8 Å². The number of aromatic nitrogens is 3. The molecule has 0 fully saturated rings. The molecule has 8 heteroatoms. The molecule has 0 aliphatic rings. The molecular formula is C22H21N5O2S. The summed E-state index contributed by atoms with van der Waals surface area (Å²) in [5.74, 6) is 0.623. The average Bonchev–Trinajstić information content (AvgIpc) is 3.31. The lowest BCUT2D eigenvalue weighted by Crippen LogP contribution is -2.20. The van der Waals surface area contributed by atoms with Crippen LogP contribution in [0.25, 0.3) is 11.3 Å². The van der Waals surface area contributed by atoms with Crippen molar-refractivity contribution in [1.82, 2.24) is 14.1 Å². The maximum Gasteiger partial charge on any atom is 0.342 e. The van der Waals surface area contributed by atoms with E-state index in [2.05, 4.69) is 46.1 Å². The molecule has 0 N–H and O–H groups in total. The van der Waals surface area contributed by atoms with Crippen molar-refractivity contribution in [2.24, 2.45) is 4.99 Å². The lowest BCUT2D eigenvalue weighted by molar-refractivity contribution is -0.392. The Bertz CT molecular complexity index is 1240. The van der Waals surface area contributed by atoms with Crippen LogP contribution in [0.1, 0.15) is 11.4 Å². The minimum absolute atomic E-state index is 0.00163. The third kappa shape index (κ3) is 4.08. The van der Waals surface area contributed by atoms with Crippen molar-refractivity contribution >= 4 is 22.8 Å². The van der Waals surface area contributed by atoms with Gasteiger partial charge in [-0.15, -0.1) is 11.3 Å². The highest BCUT2D eigenvalue weighted by Crippen LogP contribution is 2.22. The zero-order valence-electron chi connectivity index (χ0n) is 16.7. The number of para-hydroxylation sites is 1. The summed E-state index contributed by atoms with van der Waals surface area (Å²) in [4.78, 5) is 20.7. The van der Waals surface area contributed by atoms with Crippen molar-refractivity contribution in [3.05, 3.63) is 92.5 Å². The number of thiazole rings is 1. The summed E-state index contributed by atoms with van der Waals surface area (Å²) in [6.07, 6.45) is 1.31. The molecule has 7 nitrogen and oxygen atoms in total. The zero-order valence-corrected chi connectivity index (χ0v) is 17.5. The molecule has 0 aliphatic heterocycles. The van der Waals surface area contributed by atoms with Gasteiger partial charge in [0.25, 0.3) is 0 Å². The summed E-state index contributed by atoms with van der Waals surface area (Å²) in [6, 6.07) is 18.1. The number of rotatable bonds is 6. The van der Waals surface area contributed by atoms with Gasteiger partial charge in [-0.25, -0.2) is 14.5 Å². The standard InChI is InChI=1S/C22H21N5O2S/c1-16-8-10-18(11-9-16)20-15-30-22(24-19-6-4-3-5-7-19)26(20)13-12-25-17(2)23-14-21(25)27(28)29/h3-11,14-15H,12-13H2,1-2H3. The highest BCUT2D eigenvalue weighted by atomic mass is 32.1. The van der Waals surface area contributed by atoms with Crippen molar-refractivity contribution < 1.29 is 4.92 Å². The smallest absolute Gasteiger partial charge is 0.342 e. The normalized spacial score (nSPS) is 11.7. The molecule has 0 unspecified atom stereocenters. The number of imidazole rings is 1. The van der Waals surface area contributed by atoms with E-state index in [-0.39, 0.29) is 5.82 Å². The summed E-state index contributed by atoms with van der Waals surface area (Å²) in [5.41, 5.74) is 4.19. The topological polar surface area (TPSA) is 78.2 Å². The number of aryl methyl sites for hydroxylation is 2. The Morgan fingerprint density at radius 1 is 1.03 bits per heavy atom. The Morgan fingerprint density at radius 2 is 1.73 bits per heavy atom. The average molecular weight is 420 g/mol. The Morgan fingerprint density at radius 3 is 2.43 bits per heavy atom. The van der Waals surface area contributed by atoms with Gasteiger partial charge in [-0.3, -0.25) is 0 Å². The van der Waals surface area contributed by atoms with E-state index >= 15 is 0 Å². The van der Waals surface area contributed by atoms with E-state index in [1.807, 2.05) is 30.3 Å². The van der Waals surface area contributed by atoms with E-state index < -0.39 is 4.92 Å². The maximum absolute atomic E-state index is 11.3. The van der Waals surface area contributed by atoms with Crippen molar-refractivity contribution in [3.8, 4) is 11.3 Å². The second kappa shape index (κ2) is 8.46. The van der Waals surface area contributed by atoms with Crippen LogP contribution < -0.4 is 4.80 Å². The summed E-state index contributed by atoms with van der Waals surface area (Å²) in [7, 11) is 0. The first-order chi connectivity index (χ1) is 14.5. The van der Waals surface area contributed by atoms with E-state index in [1.54, 1.807) is 22.8 Å². The third-order valence-electron chi connectivity index (χ3n) is 4.89. The van der Waals surface area contributed by atoms with Crippen molar-refractivity contribution in [2.75, 3.05) is 0 Å². The van der Waals surface area contributed by atoms with Gasteiger partial charge < -0.3 is 14.7 Å². The van der Waals surface area contributed by atoms with Crippen LogP contribution in [0.3, 0.4) is 0 Å². The molecule has 0 aliphatic carbocycles. The number of hydrogen-bond donors (Lipinski definition) is 0. The molecule has 0 amide bonds. The Hall–Kier alpha value is -3.52. The van der Waals surface area contributed by atoms with Crippen LogP contribution in [0.15, 0.2) is 71.2 Å². The summed E-state index contributed by atoms with van der Waals surface area (Å²) in [6.45, 7) is 4.81. The number of hydrogen-bond acceptors (Lipinski definition) is 5. The molecule has 0 spiro atoms. The molecule has 30 heavy (non-hydrogen) atoms. The lowest BCUT2D eigenvalue weighted by atomic mass is 10.1. The van der Waals surface area contributed by atoms with Crippen LogP contribution >= 0.6 is 11.3 Å². The van der Waals surface area contributed by atoms with Gasteiger partial charge in [-0.1, -0.05) is 48.0 Å². The first-order valence-electron chi connectivity index (χ1n) is 9.54. The SMILES string of the molecule is Cc1ccc(-c2csc(=Nc3ccccc3)n2CCn2c([N+](=O)[O-])cnc2C)cc1. The Kier molecular flexibility index (Phi) is 5.58. The van der Waals surface area contributed by atoms with Crippen LogP contribution in [0.5, 0.6) is 0 Å².